The van der Waals surface area contributed by atoms with Crippen LogP contribution in [0.5, 0.6) is 5.75 Å². The number of rotatable bonds is 6. The highest BCUT2D eigenvalue weighted by Crippen LogP contribution is 2.32. The van der Waals surface area contributed by atoms with Gasteiger partial charge in [-0.05, 0) is 43.9 Å². The zero-order valence-electron chi connectivity index (χ0n) is 12.0. The highest BCUT2D eigenvalue weighted by molar-refractivity contribution is 7.92. The van der Waals surface area contributed by atoms with Crippen LogP contribution in [-0.4, -0.2) is 25.2 Å². The van der Waals surface area contributed by atoms with Crippen molar-refractivity contribution in [3.05, 3.63) is 35.9 Å². The maximum Gasteiger partial charge on any atom is 0.265 e. The Balaban J connectivity index is 1.90. The molecule has 0 radical (unpaired) electrons. The van der Waals surface area contributed by atoms with Crippen molar-refractivity contribution in [3.8, 4) is 5.75 Å². The molecule has 1 aromatic heterocycles. The average Bonchev–Trinajstić information content (AvgIpc) is 3.21. The minimum Gasteiger partial charge on any atom is -0.492 e. The molecule has 0 unspecified atom stereocenters. The summed E-state index contributed by atoms with van der Waals surface area (Å²) < 4.78 is 46.4. The molecule has 2 aromatic rings. The minimum absolute atomic E-state index is 0.155. The van der Waals surface area contributed by atoms with Crippen molar-refractivity contribution in [2.75, 3.05) is 11.3 Å². The van der Waals surface area contributed by atoms with Gasteiger partial charge in [-0.2, -0.15) is 5.10 Å². The first-order valence-corrected chi connectivity index (χ1v) is 8.39. The van der Waals surface area contributed by atoms with Crippen LogP contribution >= 0.6 is 0 Å². The molecule has 1 saturated carbocycles. The summed E-state index contributed by atoms with van der Waals surface area (Å²) >= 11 is 0. The maximum absolute atomic E-state index is 13.5. The summed E-state index contributed by atoms with van der Waals surface area (Å²) in [5, 5.41) is 6.38. The van der Waals surface area contributed by atoms with E-state index in [-0.39, 0.29) is 10.6 Å². The smallest absolute Gasteiger partial charge is 0.265 e. The molecule has 0 atom stereocenters. The van der Waals surface area contributed by atoms with Gasteiger partial charge in [0.2, 0.25) is 0 Å². The number of nitrogens with one attached hydrogen (secondary N) is 2. The zero-order valence-corrected chi connectivity index (χ0v) is 12.8. The zero-order chi connectivity index (χ0) is 15.7. The van der Waals surface area contributed by atoms with E-state index in [1.165, 1.54) is 18.3 Å². The molecule has 6 nitrogen and oxygen atoms in total. The number of sulfonamides is 1. The van der Waals surface area contributed by atoms with Gasteiger partial charge in [0.25, 0.3) is 10.0 Å². The Kier molecular flexibility index (Phi) is 3.78. The fourth-order valence-electron chi connectivity index (χ4n) is 1.96. The van der Waals surface area contributed by atoms with Crippen LogP contribution in [0.2, 0.25) is 0 Å². The number of aromatic amines is 1. The van der Waals surface area contributed by atoms with E-state index in [2.05, 4.69) is 14.9 Å². The van der Waals surface area contributed by atoms with E-state index in [1.807, 2.05) is 0 Å². The molecule has 1 aliphatic rings. The molecule has 2 N–H and O–H groups in total. The number of H-pyrrole nitrogens is 1. The van der Waals surface area contributed by atoms with Crippen molar-refractivity contribution in [1.82, 2.24) is 10.2 Å². The molecule has 1 heterocycles. The fourth-order valence-corrected chi connectivity index (χ4v) is 3.22. The molecule has 1 aliphatic carbocycles. The van der Waals surface area contributed by atoms with Gasteiger partial charge in [0, 0.05) is 0 Å². The number of ether oxygens (including phenoxy) is 1. The van der Waals surface area contributed by atoms with Crippen LogP contribution < -0.4 is 9.46 Å². The second kappa shape index (κ2) is 5.60. The predicted octanol–water partition coefficient (Wildman–Crippen LogP) is 2.45. The van der Waals surface area contributed by atoms with Crippen molar-refractivity contribution >= 4 is 15.7 Å². The standard InChI is InChI=1S/C14H16FN3O3S/c1-9-12(7-16-17-9)18-22(19,20)14-6-11(15)4-5-13(14)21-8-10-2-3-10/h4-7,10,18H,2-3,8H2,1H3,(H,16,17). The summed E-state index contributed by atoms with van der Waals surface area (Å²) in [7, 11) is -3.96. The van der Waals surface area contributed by atoms with Crippen LogP contribution in [0.3, 0.4) is 0 Å². The van der Waals surface area contributed by atoms with E-state index < -0.39 is 15.8 Å². The molecule has 1 fully saturated rings. The third-order valence-electron chi connectivity index (χ3n) is 3.44. The number of hydrogen-bond acceptors (Lipinski definition) is 4. The predicted molar refractivity (Wildman–Crippen MR) is 78.8 cm³/mol. The topological polar surface area (TPSA) is 84.1 Å². The van der Waals surface area contributed by atoms with E-state index in [9.17, 15) is 12.8 Å². The van der Waals surface area contributed by atoms with Gasteiger partial charge in [-0.25, -0.2) is 12.8 Å². The SMILES string of the molecule is Cc1[nH]ncc1NS(=O)(=O)c1cc(F)ccc1OCC1CC1. The van der Waals surface area contributed by atoms with Crippen LogP contribution in [0.15, 0.2) is 29.3 Å². The van der Waals surface area contributed by atoms with E-state index in [0.717, 1.165) is 18.9 Å². The third-order valence-corrected chi connectivity index (χ3v) is 4.83. The Morgan fingerprint density at radius 2 is 2.23 bits per heavy atom. The van der Waals surface area contributed by atoms with Crippen LogP contribution in [-0.2, 0) is 10.0 Å². The van der Waals surface area contributed by atoms with E-state index in [0.29, 0.717) is 23.9 Å². The first-order valence-electron chi connectivity index (χ1n) is 6.91. The average molecular weight is 325 g/mol. The Labute approximate surface area is 127 Å². The maximum atomic E-state index is 13.5. The lowest BCUT2D eigenvalue weighted by atomic mass is 10.3. The van der Waals surface area contributed by atoms with E-state index in [4.69, 9.17) is 4.74 Å². The first kappa shape index (κ1) is 14.8. The lowest BCUT2D eigenvalue weighted by Crippen LogP contribution is -2.15. The monoisotopic (exact) mass is 325 g/mol. The number of aryl methyl sites for hydroxylation is 1. The third kappa shape index (κ3) is 3.22. The number of benzene rings is 1. The lowest BCUT2D eigenvalue weighted by Gasteiger charge is -2.13. The van der Waals surface area contributed by atoms with Crippen LogP contribution in [0, 0.1) is 18.7 Å². The van der Waals surface area contributed by atoms with Crippen LogP contribution in [0.25, 0.3) is 0 Å². The minimum atomic E-state index is -3.96. The van der Waals surface area contributed by atoms with Crippen molar-refractivity contribution < 1.29 is 17.5 Å². The van der Waals surface area contributed by atoms with Gasteiger partial charge in [-0.3, -0.25) is 9.82 Å². The van der Waals surface area contributed by atoms with Gasteiger partial charge < -0.3 is 4.74 Å². The number of nitrogens with zero attached hydrogens (tertiary/aromatic N) is 1. The number of anilines is 1. The molecule has 3 rings (SSSR count). The molecular formula is C14H16FN3O3S. The Bertz CT molecular complexity index is 784. The molecule has 22 heavy (non-hydrogen) atoms. The summed E-state index contributed by atoms with van der Waals surface area (Å²) in [4.78, 5) is -0.214. The molecule has 0 bridgehead atoms. The quantitative estimate of drug-likeness (QED) is 0.854. The highest BCUT2D eigenvalue weighted by Gasteiger charge is 2.25. The summed E-state index contributed by atoms with van der Waals surface area (Å²) in [5.41, 5.74) is 0.887. The van der Waals surface area contributed by atoms with Crippen molar-refractivity contribution in [1.29, 1.82) is 0 Å². The molecule has 8 heteroatoms. The molecule has 0 saturated heterocycles. The molecule has 118 valence electrons. The van der Waals surface area contributed by atoms with Crippen molar-refractivity contribution in [2.24, 2.45) is 5.92 Å². The van der Waals surface area contributed by atoms with Gasteiger partial charge in [0.05, 0.1) is 24.2 Å². The Hall–Kier alpha value is -2.09. The normalized spacial score (nSPS) is 14.8. The molecule has 0 aliphatic heterocycles. The van der Waals surface area contributed by atoms with Gasteiger partial charge in [0.1, 0.15) is 16.5 Å². The highest BCUT2D eigenvalue weighted by atomic mass is 32.2. The summed E-state index contributed by atoms with van der Waals surface area (Å²) in [6, 6.07) is 3.48. The van der Waals surface area contributed by atoms with Gasteiger partial charge in [-0.1, -0.05) is 0 Å². The second-order valence-corrected chi connectivity index (χ2v) is 7.01. The van der Waals surface area contributed by atoms with Crippen LogP contribution in [0.1, 0.15) is 18.5 Å². The molecule has 1 aromatic carbocycles. The summed E-state index contributed by atoms with van der Waals surface area (Å²) in [6.45, 7) is 2.12. The largest absolute Gasteiger partial charge is 0.492 e. The Morgan fingerprint density at radius 1 is 1.45 bits per heavy atom. The van der Waals surface area contributed by atoms with Crippen LogP contribution in [0.4, 0.5) is 10.1 Å². The number of aromatic nitrogens is 2. The summed E-state index contributed by atoms with van der Waals surface area (Å²) in [6.07, 6.45) is 3.52. The van der Waals surface area contributed by atoms with E-state index >= 15 is 0 Å². The number of hydrogen-bond donors (Lipinski definition) is 2. The fraction of sp³-hybridized carbons (Fsp3) is 0.357. The van der Waals surface area contributed by atoms with Gasteiger partial charge >= 0.3 is 0 Å². The van der Waals surface area contributed by atoms with Crippen molar-refractivity contribution in [3.63, 3.8) is 0 Å². The van der Waals surface area contributed by atoms with E-state index in [1.54, 1.807) is 6.92 Å². The van der Waals surface area contributed by atoms with Gasteiger partial charge in [0.15, 0.2) is 0 Å². The Morgan fingerprint density at radius 3 is 2.86 bits per heavy atom. The molecule has 0 spiro atoms. The summed E-state index contributed by atoms with van der Waals surface area (Å²) in [5.74, 6) is -0.0188. The molecular weight excluding hydrogens is 309 g/mol. The van der Waals surface area contributed by atoms with Crippen molar-refractivity contribution in [2.45, 2.75) is 24.7 Å². The lowest BCUT2D eigenvalue weighted by molar-refractivity contribution is 0.291. The first-order chi connectivity index (χ1) is 10.5. The van der Waals surface area contributed by atoms with Gasteiger partial charge in [-0.15, -0.1) is 0 Å². The second-order valence-electron chi connectivity index (χ2n) is 5.36. The molecule has 0 amide bonds. The number of halogens is 1.